The minimum absolute atomic E-state index is 0.0414. The van der Waals surface area contributed by atoms with Gasteiger partial charge in [-0.05, 0) is 24.6 Å². The highest BCUT2D eigenvalue weighted by Gasteiger charge is 2.48. The lowest BCUT2D eigenvalue weighted by atomic mass is 10.2. The van der Waals surface area contributed by atoms with Crippen molar-refractivity contribution in [3.05, 3.63) is 30.6 Å². The minimum Gasteiger partial charge on any atom is -0.374 e. The molecule has 0 radical (unpaired) electrons. The third-order valence-electron chi connectivity index (χ3n) is 1.66. The molecule has 0 aliphatic carbocycles. The predicted octanol–water partition coefficient (Wildman–Crippen LogP) is 2.34. The first-order valence-corrected chi connectivity index (χ1v) is 5.67. The van der Waals surface area contributed by atoms with E-state index in [-0.39, 0.29) is 11.3 Å². The molecule has 1 aromatic rings. The summed E-state index contributed by atoms with van der Waals surface area (Å²) in [6.45, 7) is 4.93. The van der Waals surface area contributed by atoms with Gasteiger partial charge in [0.1, 0.15) is 5.69 Å². The van der Waals surface area contributed by atoms with Gasteiger partial charge in [0.25, 0.3) is 0 Å². The maximum Gasteiger partial charge on any atom is 0.534 e. The molecular weight excluding hydrogens is 259 g/mol. The van der Waals surface area contributed by atoms with Crippen molar-refractivity contribution in [2.45, 2.75) is 12.4 Å². The molecule has 1 aromatic heterocycles. The standard InChI is InChI=1S/C9H8F3NO3S/c1-6(2)8-7(4-3-5-13-8)16-17(14,15)9(10,11)12/h3-5H,1H2,2H3. The third-order valence-corrected chi connectivity index (χ3v) is 2.62. The summed E-state index contributed by atoms with van der Waals surface area (Å²) in [5, 5.41) is 0. The summed E-state index contributed by atoms with van der Waals surface area (Å²) >= 11 is 0. The fraction of sp³-hybridized carbons (Fsp3) is 0.222. The predicted molar refractivity (Wildman–Crippen MR) is 54.5 cm³/mol. The maximum atomic E-state index is 12.1. The molecule has 0 atom stereocenters. The number of halogens is 3. The Balaban J connectivity index is 3.18. The Morgan fingerprint density at radius 1 is 1.47 bits per heavy atom. The lowest BCUT2D eigenvalue weighted by Gasteiger charge is -2.11. The number of aromatic nitrogens is 1. The SMILES string of the molecule is C=C(C)c1ncccc1OS(=O)(=O)C(F)(F)F. The van der Waals surface area contributed by atoms with Crippen molar-refractivity contribution in [1.82, 2.24) is 4.98 Å². The molecule has 0 spiro atoms. The Hall–Kier alpha value is -1.57. The van der Waals surface area contributed by atoms with E-state index in [2.05, 4.69) is 15.7 Å². The number of hydrogen-bond acceptors (Lipinski definition) is 4. The minimum atomic E-state index is -5.69. The number of hydrogen-bond donors (Lipinski definition) is 0. The quantitative estimate of drug-likeness (QED) is 0.623. The summed E-state index contributed by atoms with van der Waals surface area (Å²) in [5.74, 6) is -0.502. The fourth-order valence-electron chi connectivity index (χ4n) is 0.944. The molecule has 0 N–H and O–H groups in total. The zero-order valence-electron chi connectivity index (χ0n) is 8.65. The lowest BCUT2D eigenvalue weighted by molar-refractivity contribution is -0.0500. The van der Waals surface area contributed by atoms with E-state index in [1.165, 1.54) is 19.2 Å². The molecule has 0 unspecified atom stereocenters. The van der Waals surface area contributed by atoms with Gasteiger partial charge in [-0.15, -0.1) is 0 Å². The van der Waals surface area contributed by atoms with Gasteiger partial charge in [0.2, 0.25) is 0 Å². The second-order valence-electron chi connectivity index (χ2n) is 3.11. The van der Waals surface area contributed by atoms with E-state index < -0.39 is 21.4 Å². The zero-order chi connectivity index (χ0) is 13.3. The zero-order valence-corrected chi connectivity index (χ0v) is 9.47. The molecule has 0 aliphatic heterocycles. The van der Waals surface area contributed by atoms with Crippen LogP contribution in [0.5, 0.6) is 5.75 Å². The average Bonchev–Trinajstić information content (AvgIpc) is 2.15. The van der Waals surface area contributed by atoms with Crippen molar-refractivity contribution in [3.63, 3.8) is 0 Å². The highest BCUT2D eigenvalue weighted by molar-refractivity contribution is 7.88. The van der Waals surface area contributed by atoms with Gasteiger partial charge in [-0.2, -0.15) is 21.6 Å². The first-order valence-electron chi connectivity index (χ1n) is 4.27. The Kier molecular flexibility index (Phi) is 3.46. The highest BCUT2D eigenvalue weighted by Crippen LogP contribution is 2.29. The van der Waals surface area contributed by atoms with E-state index in [4.69, 9.17) is 0 Å². The van der Waals surface area contributed by atoms with Crippen LogP contribution in [-0.4, -0.2) is 18.9 Å². The Morgan fingerprint density at radius 3 is 2.53 bits per heavy atom. The molecule has 0 saturated carbocycles. The van der Waals surface area contributed by atoms with Gasteiger partial charge < -0.3 is 4.18 Å². The summed E-state index contributed by atoms with van der Waals surface area (Å²) in [6.07, 6.45) is 1.29. The van der Waals surface area contributed by atoms with Crippen LogP contribution < -0.4 is 4.18 Å². The second-order valence-corrected chi connectivity index (χ2v) is 4.65. The van der Waals surface area contributed by atoms with Gasteiger partial charge >= 0.3 is 15.6 Å². The normalized spacial score (nSPS) is 12.2. The molecule has 0 aliphatic rings. The van der Waals surface area contributed by atoms with Crippen molar-refractivity contribution in [3.8, 4) is 5.75 Å². The summed E-state index contributed by atoms with van der Waals surface area (Å²) in [7, 11) is -5.69. The first-order chi connectivity index (χ1) is 7.65. The van der Waals surface area contributed by atoms with Gasteiger partial charge in [-0.25, -0.2) is 0 Å². The topological polar surface area (TPSA) is 56.3 Å². The van der Waals surface area contributed by atoms with Gasteiger partial charge in [-0.1, -0.05) is 6.58 Å². The van der Waals surface area contributed by atoms with Gasteiger partial charge in [-0.3, -0.25) is 4.98 Å². The summed E-state index contributed by atoms with van der Waals surface area (Å²) in [5.41, 5.74) is -5.23. The van der Waals surface area contributed by atoms with Crippen LogP contribution in [0.4, 0.5) is 13.2 Å². The van der Waals surface area contributed by atoms with Gasteiger partial charge in [0, 0.05) is 6.20 Å². The monoisotopic (exact) mass is 267 g/mol. The first kappa shape index (κ1) is 13.5. The van der Waals surface area contributed by atoms with Crippen LogP contribution in [-0.2, 0) is 10.1 Å². The molecular formula is C9H8F3NO3S. The van der Waals surface area contributed by atoms with Crippen LogP contribution >= 0.6 is 0 Å². The van der Waals surface area contributed by atoms with Crippen molar-refractivity contribution in [1.29, 1.82) is 0 Å². The Bertz CT molecular complexity index is 537. The average molecular weight is 267 g/mol. The molecule has 1 heterocycles. The second kappa shape index (κ2) is 4.36. The van der Waals surface area contributed by atoms with Crippen molar-refractivity contribution < 1.29 is 25.8 Å². The maximum absolute atomic E-state index is 12.1. The van der Waals surface area contributed by atoms with Crippen LogP contribution in [0.1, 0.15) is 12.6 Å². The molecule has 0 amide bonds. The molecule has 94 valence electrons. The molecule has 0 saturated heterocycles. The number of allylic oxidation sites excluding steroid dienone is 1. The van der Waals surface area contributed by atoms with E-state index >= 15 is 0 Å². The molecule has 0 aromatic carbocycles. The summed E-state index contributed by atoms with van der Waals surface area (Å²) < 4.78 is 61.9. The summed E-state index contributed by atoms with van der Waals surface area (Å²) in [6, 6.07) is 2.33. The molecule has 4 nitrogen and oxygen atoms in total. The number of rotatable bonds is 3. The Labute approximate surface area is 95.9 Å². The van der Waals surface area contributed by atoms with E-state index in [1.807, 2.05) is 0 Å². The van der Waals surface area contributed by atoms with Crippen LogP contribution in [0.3, 0.4) is 0 Å². The lowest BCUT2D eigenvalue weighted by Crippen LogP contribution is -2.28. The smallest absolute Gasteiger partial charge is 0.374 e. The third kappa shape index (κ3) is 2.96. The molecule has 1 rings (SSSR count). The number of nitrogens with zero attached hydrogens (tertiary/aromatic N) is 1. The van der Waals surface area contributed by atoms with Crippen molar-refractivity contribution in [2.24, 2.45) is 0 Å². The van der Waals surface area contributed by atoms with Crippen LogP contribution in [0, 0.1) is 0 Å². The van der Waals surface area contributed by atoms with Crippen molar-refractivity contribution in [2.75, 3.05) is 0 Å². The molecule has 8 heteroatoms. The fourth-order valence-corrected chi connectivity index (χ4v) is 1.41. The van der Waals surface area contributed by atoms with Gasteiger partial charge in [0.15, 0.2) is 5.75 Å². The van der Waals surface area contributed by atoms with E-state index in [0.717, 1.165) is 6.07 Å². The van der Waals surface area contributed by atoms with Crippen molar-refractivity contribution >= 4 is 15.7 Å². The number of pyridine rings is 1. The number of alkyl halides is 3. The van der Waals surface area contributed by atoms with Gasteiger partial charge in [0.05, 0.1) is 0 Å². The van der Waals surface area contributed by atoms with Crippen LogP contribution in [0.2, 0.25) is 0 Å². The largest absolute Gasteiger partial charge is 0.534 e. The highest BCUT2D eigenvalue weighted by atomic mass is 32.2. The van der Waals surface area contributed by atoms with Crippen LogP contribution in [0.15, 0.2) is 24.9 Å². The Morgan fingerprint density at radius 2 is 2.06 bits per heavy atom. The van der Waals surface area contributed by atoms with Crippen LogP contribution in [0.25, 0.3) is 5.57 Å². The summed E-state index contributed by atoms with van der Waals surface area (Å²) in [4.78, 5) is 3.69. The molecule has 0 fully saturated rings. The van der Waals surface area contributed by atoms with E-state index in [9.17, 15) is 21.6 Å². The molecule has 17 heavy (non-hydrogen) atoms. The molecule has 0 bridgehead atoms. The van der Waals surface area contributed by atoms with E-state index in [1.54, 1.807) is 0 Å². The van der Waals surface area contributed by atoms with E-state index in [0.29, 0.717) is 0 Å².